The van der Waals surface area contributed by atoms with Crippen LogP contribution in [0.3, 0.4) is 0 Å². The SMILES string of the molecule is O=S(=O)(c1cccc2ccccc12)N1CCOc2ccc(F)cc2C1. The van der Waals surface area contributed by atoms with Crippen LogP contribution in [0.25, 0.3) is 10.8 Å². The molecule has 128 valence electrons. The van der Waals surface area contributed by atoms with Crippen LogP contribution in [0.4, 0.5) is 4.39 Å². The molecule has 0 spiro atoms. The fraction of sp³-hybridized carbons (Fsp3) is 0.158. The van der Waals surface area contributed by atoms with E-state index in [2.05, 4.69) is 0 Å². The second-order valence-corrected chi connectivity index (χ2v) is 7.82. The van der Waals surface area contributed by atoms with Gasteiger partial charge in [-0.15, -0.1) is 0 Å². The summed E-state index contributed by atoms with van der Waals surface area (Å²) in [6.45, 7) is 0.517. The molecule has 0 amide bonds. The van der Waals surface area contributed by atoms with Gasteiger partial charge in [-0.05, 0) is 29.7 Å². The molecule has 1 aliphatic rings. The molecule has 0 aliphatic carbocycles. The van der Waals surface area contributed by atoms with E-state index in [1.54, 1.807) is 24.3 Å². The van der Waals surface area contributed by atoms with Gasteiger partial charge in [-0.3, -0.25) is 0 Å². The maximum Gasteiger partial charge on any atom is 0.244 e. The van der Waals surface area contributed by atoms with E-state index in [-0.39, 0.29) is 24.6 Å². The third kappa shape index (κ3) is 2.88. The largest absolute Gasteiger partial charge is 0.492 e. The summed E-state index contributed by atoms with van der Waals surface area (Å²) in [6, 6.07) is 16.8. The highest BCUT2D eigenvalue weighted by molar-refractivity contribution is 7.89. The summed E-state index contributed by atoms with van der Waals surface area (Å²) < 4.78 is 46.9. The molecular formula is C19H16FNO3S. The Bertz CT molecular complexity index is 1040. The third-order valence-electron chi connectivity index (χ3n) is 4.33. The molecule has 1 heterocycles. The van der Waals surface area contributed by atoms with Crippen molar-refractivity contribution in [1.82, 2.24) is 4.31 Å². The molecule has 0 atom stereocenters. The monoisotopic (exact) mass is 357 g/mol. The molecule has 0 unspecified atom stereocenters. The summed E-state index contributed by atoms with van der Waals surface area (Å²) in [7, 11) is -3.74. The second kappa shape index (κ2) is 6.13. The highest BCUT2D eigenvalue weighted by atomic mass is 32.2. The lowest BCUT2D eigenvalue weighted by molar-refractivity contribution is 0.293. The van der Waals surface area contributed by atoms with Crippen LogP contribution >= 0.6 is 0 Å². The highest BCUT2D eigenvalue weighted by Crippen LogP contribution is 2.30. The number of sulfonamides is 1. The molecule has 25 heavy (non-hydrogen) atoms. The lowest BCUT2D eigenvalue weighted by atomic mass is 10.1. The van der Waals surface area contributed by atoms with Crippen molar-refractivity contribution in [1.29, 1.82) is 0 Å². The predicted molar refractivity (Wildman–Crippen MR) is 93.4 cm³/mol. The number of hydrogen-bond acceptors (Lipinski definition) is 3. The molecule has 6 heteroatoms. The molecule has 1 aliphatic heterocycles. The first-order chi connectivity index (χ1) is 12.1. The zero-order valence-corrected chi connectivity index (χ0v) is 14.2. The van der Waals surface area contributed by atoms with E-state index < -0.39 is 15.8 Å². The summed E-state index contributed by atoms with van der Waals surface area (Å²) >= 11 is 0. The van der Waals surface area contributed by atoms with Gasteiger partial charge in [0.15, 0.2) is 0 Å². The quantitative estimate of drug-likeness (QED) is 0.704. The Morgan fingerprint density at radius 2 is 1.80 bits per heavy atom. The molecule has 0 aromatic heterocycles. The summed E-state index contributed by atoms with van der Waals surface area (Å²) in [5.74, 6) is 0.115. The van der Waals surface area contributed by atoms with Crippen LogP contribution in [0.2, 0.25) is 0 Å². The van der Waals surface area contributed by atoms with Crippen LogP contribution in [-0.2, 0) is 16.6 Å². The number of benzene rings is 3. The van der Waals surface area contributed by atoms with Crippen LogP contribution in [-0.4, -0.2) is 25.9 Å². The first-order valence-electron chi connectivity index (χ1n) is 7.95. The number of nitrogens with zero attached hydrogens (tertiary/aromatic N) is 1. The van der Waals surface area contributed by atoms with E-state index in [0.717, 1.165) is 5.39 Å². The van der Waals surface area contributed by atoms with Crippen LogP contribution < -0.4 is 4.74 Å². The molecule has 0 saturated carbocycles. The van der Waals surface area contributed by atoms with Gasteiger partial charge in [0.05, 0.1) is 4.90 Å². The number of fused-ring (bicyclic) bond motifs is 2. The van der Waals surface area contributed by atoms with Gasteiger partial charge in [-0.1, -0.05) is 36.4 Å². The summed E-state index contributed by atoms with van der Waals surface area (Å²) in [4.78, 5) is 0.255. The number of rotatable bonds is 2. The van der Waals surface area contributed by atoms with E-state index in [9.17, 15) is 12.8 Å². The Morgan fingerprint density at radius 1 is 1.00 bits per heavy atom. The standard InChI is InChI=1S/C19H16FNO3S/c20-16-8-9-18-15(12-16)13-21(10-11-24-18)25(22,23)19-7-3-5-14-4-1-2-6-17(14)19/h1-9,12H,10-11,13H2. The van der Waals surface area contributed by atoms with Gasteiger partial charge in [-0.25, -0.2) is 12.8 Å². The van der Waals surface area contributed by atoms with Gasteiger partial charge in [0.2, 0.25) is 10.0 Å². The number of halogens is 1. The van der Waals surface area contributed by atoms with E-state index in [4.69, 9.17) is 4.74 Å². The minimum atomic E-state index is -3.74. The normalized spacial score (nSPS) is 15.4. The molecule has 0 fully saturated rings. The molecule has 0 N–H and O–H groups in total. The lowest BCUT2D eigenvalue weighted by Gasteiger charge is -2.20. The molecule has 0 bridgehead atoms. The maximum atomic E-state index is 13.6. The highest BCUT2D eigenvalue weighted by Gasteiger charge is 2.29. The fourth-order valence-electron chi connectivity index (χ4n) is 3.10. The molecule has 3 aromatic carbocycles. The molecule has 4 nitrogen and oxygen atoms in total. The summed E-state index contributed by atoms with van der Waals surface area (Å²) in [5, 5.41) is 1.54. The smallest absolute Gasteiger partial charge is 0.244 e. The van der Waals surface area contributed by atoms with Gasteiger partial charge < -0.3 is 4.74 Å². The van der Waals surface area contributed by atoms with Crippen molar-refractivity contribution in [2.75, 3.05) is 13.2 Å². The zero-order valence-electron chi connectivity index (χ0n) is 13.4. The average Bonchev–Trinajstić information content (AvgIpc) is 2.83. The van der Waals surface area contributed by atoms with Crippen molar-refractivity contribution in [3.05, 3.63) is 72.0 Å². The maximum absolute atomic E-state index is 13.6. The topological polar surface area (TPSA) is 46.6 Å². The zero-order chi connectivity index (χ0) is 17.4. The van der Waals surface area contributed by atoms with Crippen molar-refractivity contribution in [3.8, 4) is 5.75 Å². The Kier molecular flexibility index (Phi) is 3.94. The summed E-state index contributed by atoms with van der Waals surface area (Å²) in [6.07, 6.45) is 0. The van der Waals surface area contributed by atoms with Crippen LogP contribution in [0.15, 0.2) is 65.6 Å². The molecular weight excluding hydrogens is 341 g/mol. The Balaban J connectivity index is 1.80. The van der Waals surface area contributed by atoms with Gasteiger partial charge in [0.1, 0.15) is 18.2 Å². The fourth-order valence-corrected chi connectivity index (χ4v) is 4.72. The van der Waals surface area contributed by atoms with Gasteiger partial charge >= 0.3 is 0 Å². The van der Waals surface area contributed by atoms with Crippen LogP contribution in [0.5, 0.6) is 5.75 Å². The van der Waals surface area contributed by atoms with Crippen LogP contribution in [0.1, 0.15) is 5.56 Å². The molecule has 0 saturated heterocycles. The minimum Gasteiger partial charge on any atom is -0.492 e. The number of hydrogen-bond donors (Lipinski definition) is 0. The first-order valence-corrected chi connectivity index (χ1v) is 9.39. The van der Waals surface area contributed by atoms with E-state index in [1.165, 1.54) is 16.4 Å². The van der Waals surface area contributed by atoms with Gasteiger partial charge in [0, 0.05) is 24.0 Å². The van der Waals surface area contributed by atoms with Crippen molar-refractivity contribution < 1.29 is 17.5 Å². The van der Waals surface area contributed by atoms with Crippen molar-refractivity contribution in [3.63, 3.8) is 0 Å². The van der Waals surface area contributed by atoms with Crippen LogP contribution in [0, 0.1) is 5.82 Å². The van der Waals surface area contributed by atoms with Crippen molar-refractivity contribution in [2.24, 2.45) is 0 Å². The van der Waals surface area contributed by atoms with Crippen molar-refractivity contribution >= 4 is 20.8 Å². The molecule has 3 aromatic rings. The first kappa shape index (κ1) is 16.1. The van der Waals surface area contributed by atoms with E-state index >= 15 is 0 Å². The lowest BCUT2D eigenvalue weighted by Crippen LogP contribution is -2.32. The Hall–Kier alpha value is -2.44. The van der Waals surface area contributed by atoms with Gasteiger partial charge in [0.25, 0.3) is 0 Å². The second-order valence-electron chi connectivity index (χ2n) is 5.92. The molecule has 4 rings (SSSR count). The number of ether oxygens (including phenoxy) is 1. The average molecular weight is 357 g/mol. The predicted octanol–water partition coefficient (Wildman–Crippen LogP) is 3.56. The third-order valence-corrected chi connectivity index (χ3v) is 6.24. The Labute approximate surface area is 145 Å². The minimum absolute atomic E-state index is 0.0820. The molecule has 0 radical (unpaired) electrons. The van der Waals surface area contributed by atoms with Gasteiger partial charge in [-0.2, -0.15) is 4.31 Å². The summed E-state index contributed by atoms with van der Waals surface area (Å²) in [5.41, 5.74) is 0.529. The Morgan fingerprint density at radius 3 is 2.68 bits per heavy atom. The van der Waals surface area contributed by atoms with E-state index in [0.29, 0.717) is 16.7 Å². The van der Waals surface area contributed by atoms with E-state index in [1.807, 2.05) is 24.3 Å². The van der Waals surface area contributed by atoms with Crippen molar-refractivity contribution in [2.45, 2.75) is 11.4 Å².